The Hall–Kier alpha value is -0.680. The second-order valence-corrected chi connectivity index (χ2v) is 7.59. The van der Waals surface area contributed by atoms with Crippen molar-refractivity contribution in [2.24, 2.45) is 0 Å². The van der Waals surface area contributed by atoms with Crippen molar-refractivity contribution in [1.82, 2.24) is 0 Å². The molecule has 0 radical (unpaired) electrons. The number of benzene rings is 1. The van der Waals surface area contributed by atoms with E-state index in [0.717, 1.165) is 11.3 Å². The fourth-order valence-electron chi connectivity index (χ4n) is 1.47. The van der Waals surface area contributed by atoms with E-state index < -0.39 is 9.84 Å². The summed E-state index contributed by atoms with van der Waals surface area (Å²) in [6.45, 7) is 2.06. The third-order valence-corrected chi connectivity index (χ3v) is 4.80. The predicted molar refractivity (Wildman–Crippen MR) is 73.6 cm³/mol. The van der Waals surface area contributed by atoms with E-state index in [0.29, 0.717) is 5.75 Å². The van der Waals surface area contributed by atoms with Crippen molar-refractivity contribution < 1.29 is 13.2 Å². The van der Waals surface area contributed by atoms with Crippen LogP contribution in [0.3, 0.4) is 0 Å². The second kappa shape index (κ2) is 6.31. The summed E-state index contributed by atoms with van der Waals surface area (Å²) < 4.78 is 27.4. The summed E-state index contributed by atoms with van der Waals surface area (Å²) in [6.07, 6.45) is 1.27. The number of methoxy groups -OCH3 is 1. The molecule has 5 heteroatoms. The molecule has 0 bridgehead atoms. The van der Waals surface area contributed by atoms with Crippen molar-refractivity contribution >= 4 is 21.6 Å². The summed E-state index contributed by atoms with van der Waals surface area (Å²) >= 11 is 1.63. The molecule has 0 unspecified atom stereocenters. The fourth-order valence-corrected chi connectivity index (χ4v) is 3.79. The van der Waals surface area contributed by atoms with E-state index in [1.54, 1.807) is 18.9 Å². The van der Waals surface area contributed by atoms with E-state index in [4.69, 9.17) is 4.74 Å². The Bertz CT molecular complexity index is 455. The number of para-hydroxylation sites is 1. The van der Waals surface area contributed by atoms with Gasteiger partial charge >= 0.3 is 0 Å². The van der Waals surface area contributed by atoms with E-state index >= 15 is 0 Å². The minimum absolute atomic E-state index is 0.219. The summed E-state index contributed by atoms with van der Waals surface area (Å²) in [5.74, 6) is 1.68. The van der Waals surface area contributed by atoms with Crippen LogP contribution in [-0.2, 0) is 9.84 Å². The van der Waals surface area contributed by atoms with Crippen LogP contribution in [-0.4, -0.2) is 33.3 Å². The number of hydrogen-bond donors (Lipinski definition) is 0. The largest absolute Gasteiger partial charge is 0.496 e. The molecule has 1 aromatic carbocycles. The summed E-state index contributed by atoms with van der Waals surface area (Å²) in [7, 11) is -1.22. The number of thioether (sulfide) groups is 1. The minimum atomic E-state index is -2.87. The van der Waals surface area contributed by atoms with Crippen molar-refractivity contribution in [1.29, 1.82) is 0 Å². The lowest BCUT2D eigenvalue weighted by Gasteiger charge is -2.14. The van der Waals surface area contributed by atoms with Crippen molar-refractivity contribution in [2.75, 3.05) is 24.9 Å². The summed E-state index contributed by atoms with van der Waals surface area (Å²) in [5, 5.41) is 0.230. The van der Waals surface area contributed by atoms with Gasteiger partial charge in [-0.15, -0.1) is 0 Å². The van der Waals surface area contributed by atoms with Gasteiger partial charge in [0.25, 0.3) is 0 Å². The van der Waals surface area contributed by atoms with Crippen molar-refractivity contribution in [3.05, 3.63) is 29.8 Å². The lowest BCUT2D eigenvalue weighted by molar-refractivity contribution is 0.410. The molecule has 3 nitrogen and oxygen atoms in total. The number of rotatable bonds is 6. The number of ether oxygens (including phenoxy) is 1. The fraction of sp³-hybridized carbons (Fsp3) is 0.500. The molecular formula is C12H18O3S2. The third-order valence-electron chi connectivity index (χ3n) is 2.40. The average molecular weight is 274 g/mol. The van der Waals surface area contributed by atoms with Crippen LogP contribution in [0.25, 0.3) is 0 Å². The highest BCUT2D eigenvalue weighted by atomic mass is 32.2. The topological polar surface area (TPSA) is 43.4 Å². The van der Waals surface area contributed by atoms with Gasteiger partial charge in [0.1, 0.15) is 15.6 Å². The van der Waals surface area contributed by atoms with Gasteiger partial charge in [0, 0.05) is 22.8 Å². The van der Waals surface area contributed by atoms with Gasteiger partial charge in [0.15, 0.2) is 0 Å². The van der Waals surface area contributed by atoms with Crippen LogP contribution < -0.4 is 4.74 Å². The molecule has 0 aliphatic carbocycles. The van der Waals surface area contributed by atoms with Gasteiger partial charge in [-0.25, -0.2) is 8.42 Å². The number of sulfone groups is 1. The average Bonchev–Trinajstić information content (AvgIpc) is 2.27. The molecule has 0 aromatic heterocycles. The standard InChI is InChI=1S/C12H18O3S2/c1-10(16-8-9-17(3,13)14)11-6-4-5-7-12(11)15-2/h4-7,10H,8-9H2,1-3H3/t10-/m0/s1. The first kappa shape index (κ1) is 14.4. The SMILES string of the molecule is COc1ccccc1[C@H](C)SCCS(C)(=O)=O. The van der Waals surface area contributed by atoms with E-state index in [9.17, 15) is 8.42 Å². The van der Waals surface area contributed by atoms with Gasteiger partial charge in [0.05, 0.1) is 12.9 Å². The molecular weight excluding hydrogens is 256 g/mol. The highest BCUT2D eigenvalue weighted by molar-refractivity contribution is 8.00. The Balaban J connectivity index is 2.61. The molecule has 0 spiro atoms. The molecule has 96 valence electrons. The van der Waals surface area contributed by atoms with Gasteiger partial charge in [-0.1, -0.05) is 18.2 Å². The quantitative estimate of drug-likeness (QED) is 0.799. The Morgan fingerprint density at radius 3 is 2.59 bits per heavy atom. The zero-order valence-electron chi connectivity index (χ0n) is 10.3. The van der Waals surface area contributed by atoms with E-state index in [1.165, 1.54) is 6.26 Å². The first-order chi connectivity index (χ1) is 7.94. The molecule has 17 heavy (non-hydrogen) atoms. The van der Waals surface area contributed by atoms with Gasteiger partial charge in [-0.3, -0.25) is 0 Å². The Morgan fingerprint density at radius 1 is 1.35 bits per heavy atom. The molecule has 0 N–H and O–H groups in total. The third kappa shape index (κ3) is 5.00. The normalized spacial score (nSPS) is 13.4. The molecule has 0 heterocycles. The summed E-state index contributed by atoms with van der Waals surface area (Å²) in [6, 6.07) is 7.82. The monoisotopic (exact) mass is 274 g/mol. The zero-order valence-corrected chi connectivity index (χ0v) is 12.0. The van der Waals surface area contributed by atoms with Crippen LogP contribution in [0.2, 0.25) is 0 Å². The van der Waals surface area contributed by atoms with Crippen LogP contribution in [0.15, 0.2) is 24.3 Å². The number of hydrogen-bond acceptors (Lipinski definition) is 4. The van der Waals surface area contributed by atoms with Crippen LogP contribution in [0, 0.1) is 0 Å². The maximum atomic E-state index is 11.0. The summed E-state index contributed by atoms with van der Waals surface area (Å²) in [4.78, 5) is 0. The maximum Gasteiger partial charge on any atom is 0.148 e. The molecule has 1 rings (SSSR count). The molecule has 0 aliphatic rings. The van der Waals surface area contributed by atoms with E-state index in [-0.39, 0.29) is 11.0 Å². The molecule has 0 amide bonds. The van der Waals surface area contributed by atoms with Crippen LogP contribution >= 0.6 is 11.8 Å². The predicted octanol–water partition coefficient (Wildman–Crippen LogP) is 2.53. The molecule has 0 aliphatic heterocycles. The Labute approximate surface area is 107 Å². The lowest BCUT2D eigenvalue weighted by atomic mass is 10.1. The van der Waals surface area contributed by atoms with Gasteiger partial charge in [-0.2, -0.15) is 11.8 Å². The van der Waals surface area contributed by atoms with Crippen molar-refractivity contribution in [3.63, 3.8) is 0 Å². The Morgan fingerprint density at radius 2 is 2.00 bits per heavy atom. The Kier molecular flexibility index (Phi) is 5.33. The lowest BCUT2D eigenvalue weighted by Crippen LogP contribution is -2.06. The second-order valence-electron chi connectivity index (χ2n) is 3.88. The molecule has 1 atom stereocenters. The highest BCUT2D eigenvalue weighted by Crippen LogP contribution is 2.34. The van der Waals surface area contributed by atoms with Crippen LogP contribution in [0.5, 0.6) is 5.75 Å². The van der Waals surface area contributed by atoms with Gasteiger partial charge in [0.2, 0.25) is 0 Å². The van der Waals surface area contributed by atoms with E-state index in [1.807, 2.05) is 24.3 Å². The molecule has 0 fully saturated rings. The van der Waals surface area contributed by atoms with Crippen molar-refractivity contribution in [2.45, 2.75) is 12.2 Å². The minimum Gasteiger partial charge on any atom is -0.496 e. The summed E-state index contributed by atoms with van der Waals surface area (Å²) in [5.41, 5.74) is 1.11. The molecule has 1 aromatic rings. The molecule has 0 saturated heterocycles. The smallest absolute Gasteiger partial charge is 0.148 e. The van der Waals surface area contributed by atoms with Gasteiger partial charge in [-0.05, 0) is 13.0 Å². The zero-order chi connectivity index (χ0) is 12.9. The van der Waals surface area contributed by atoms with Gasteiger partial charge < -0.3 is 4.74 Å². The van der Waals surface area contributed by atoms with Crippen molar-refractivity contribution in [3.8, 4) is 5.75 Å². The molecule has 0 saturated carbocycles. The van der Waals surface area contributed by atoms with Crippen LogP contribution in [0.1, 0.15) is 17.7 Å². The maximum absolute atomic E-state index is 11.0. The first-order valence-corrected chi connectivity index (χ1v) is 8.47. The van der Waals surface area contributed by atoms with E-state index in [2.05, 4.69) is 6.92 Å². The van der Waals surface area contributed by atoms with Crippen LogP contribution in [0.4, 0.5) is 0 Å². The first-order valence-electron chi connectivity index (χ1n) is 5.36. The highest BCUT2D eigenvalue weighted by Gasteiger charge is 2.12.